The number of terminal acetylenes is 1. The second-order valence-electron chi connectivity index (χ2n) is 6.57. The third kappa shape index (κ3) is 3.41. The molecule has 4 rings (SSSR count). The van der Waals surface area contributed by atoms with Crippen molar-refractivity contribution in [3.05, 3.63) is 90.0 Å². The highest BCUT2D eigenvalue weighted by Gasteiger charge is 2.16. The van der Waals surface area contributed by atoms with Gasteiger partial charge in [-0.1, -0.05) is 66.2 Å². The minimum absolute atomic E-state index is 0.510. The van der Waals surface area contributed by atoms with Crippen LogP contribution in [0.1, 0.15) is 11.1 Å². The van der Waals surface area contributed by atoms with Gasteiger partial charge in [0.05, 0.1) is 16.9 Å². The number of anilines is 2. The first-order valence-corrected chi connectivity index (χ1v) is 9.00. The van der Waals surface area contributed by atoms with Gasteiger partial charge in [0.1, 0.15) is 0 Å². The lowest BCUT2D eigenvalue weighted by Gasteiger charge is -2.18. The molecule has 0 aliphatic carbocycles. The first-order chi connectivity index (χ1) is 13.3. The second kappa shape index (κ2) is 7.35. The van der Waals surface area contributed by atoms with Crippen molar-refractivity contribution in [3.63, 3.8) is 0 Å². The van der Waals surface area contributed by atoms with Crippen LogP contribution in [-0.4, -0.2) is 4.98 Å². The van der Waals surface area contributed by atoms with Crippen LogP contribution in [-0.2, 0) is 6.42 Å². The molecule has 0 amide bonds. The molecule has 0 atom stereocenters. The van der Waals surface area contributed by atoms with Crippen LogP contribution < -0.4 is 5.32 Å². The number of para-hydroxylation sites is 1. The van der Waals surface area contributed by atoms with E-state index < -0.39 is 0 Å². The molecule has 1 heterocycles. The van der Waals surface area contributed by atoms with Gasteiger partial charge in [-0.05, 0) is 25.1 Å². The SMILES string of the molecule is C#CCc1c(-c2ccccc2)nc2ccccc2c1Nc1ccc(C)cc1. The largest absolute Gasteiger partial charge is 0.355 e. The van der Waals surface area contributed by atoms with Crippen LogP contribution in [0.2, 0.25) is 0 Å². The van der Waals surface area contributed by atoms with E-state index in [1.54, 1.807) is 0 Å². The highest BCUT2D eigenvalue weighted by Crippen LogP contribution is 2.36. The quantitative estimate of drug-likeness (QED) is 0.449. The van der Waals surface area contributed by atoms with E-state index in [0.29, 0.717) is 6.42 Å². The molecule has 0 spiro atoms. The summed E-state index contributed by atoms with van der Waals surface area (Å²) in [6, 6.07) is 26.8. The summed E-state index contributed by atoms with van der Waals surface area (Å²) in [5, 5.41) is 4.67. The molecule has 2 nitrogen and oxygen atoms in total. The molecule has 130 valence electrons. The van der Waals surface area contributed by atoms with Gasteiger partial charge in [0.2, 0.25) is 0 Å². The first-order valence-electron chi connectivity index (χ1n) is 9.00. The van der Waals surface area contributed by atoms with Crippen LogP contribution in [0.3, 0.4) is 0 Å². The third-order valence-corrected chi connectivity index (χ3v) is 4.64. The molecule has 0 saturated carbocycles. The normalized spacial score (nSPS) is 10.5. The Kier molecular flexibility index (Phi) is 4.60. The number of nitrogens with zero attached hydrogens (tertiary/aromatic N) is 1. The van der Waals surface area contributed by atoms with Gasteiger partial charge in [0.15, 0.2) is 0 Å². The molecule has 1 N–H and O–H groups in total. The standard InChI is InChI=1S/C25H20N2/c1-3-9-22-24(19-10-5-4-6-11-19)27-23-13-8-7-12-21(23)25(22)26-20-16-14-18(2)15-17-20/h1,4-8,10-17H,9H2,2H3,(H,26,27). The van der Waals surface area contributed by atoms with Crippen LogP contribution in [0.4, 0.5) is 11.4 Å². The smallest absolute Gasteiger partial charge is 0.0772 e. The molecule has 1 aromatic heterocycles. The number of pyridine rings is 1. The Morgan fingerprint density at radius 2 is 1.59 bits per heavy atom. The fourth-order valence-electron chi connectivity index (χ4n) is 3.28. The summed E-state index contributed by atoms with van der Waals surface area (Å²) in [5.41, 5.74) is 7.29. The molecule has 0 aliphatic heterocycles. The molecular weight excluding hydrogens is 328 g/mol. The van der Waals surface area contributed by atoms with Crippen molar-refractivity contribution in [2.24, 2.45) is 0 Å². The number of aryl methyl sites for hydroxylation is 1. The summed E-state index contributed by atoms with van der Waals surface area (Å²) >= 11 is 0. The number of benzene rings is 3. The second-order valence-corrected chi connectivity index (χ2v) is 6.57. The summed E-state index contributed by atoms with van der Waals surface area (Å²) < 4.78 is 0. The zero-order chi connectivity index (χ0) is 18.6. The van der Waals surface area contributed by atoms with Gasteiger partial charge in [0.25, 0.3) is 0 Å². The Labute approximate surface area is 159 Å². The fraction of sp³-hybridized carbons (Fsp3) is 0.0800. The Morgan fingerprint density at radius 1 is 0.889 bits per heavy atom. The van der Waals surface area contributed by atoms with E-state index in [1.165, 1.54) is 5.56 Å². The van der Waals surface area contributed by atoms with Crippen molar-refractivity contribution >= 4 is 22.3 Å². The molecule has 0 saturated heterocycles. The summed E-state index contributed by atoms with van der Waals surface area (Å²) in [7, 11) is 0. The molecular formula is C25H20N2. The maximum Gasteiger partial charge on any atom is 0.0772 e. The molecule has 3 aromatic carbocycles. The number of aromatic nitrogens is 1. The lowest BCUT2D eigenvalue weighted by molar-refractivity contribution is 1.25. The molecule has 0 bridgehead atoms. The maximum absolute atomic E-state index is 5.73. The fourth-order valence-corrected chi connectivity index (χ4v) is 3.28. The van der Waals surface area contributed by atoms with E-state index in [1.807, 2.05) is 36.4 Å². The maximum atomic E-state index is 5.73. The zero-order valence-electron chi connectivity index (χ0n) is 15.2. The summed E-state index contributed by atoms with van der Waals surface area (Å²) in [6.07, 6.45) is 6.24. The molecule has 4 aromatic rings. The highest BCUT2D eigenvalue weighted by molar-refractivity contribution is 5.98. The first kappa shape index (κ1) is 16.9. The van der Waals surface area contributed by atoms with E-state index >= 15 is 0 Å². The Bertz CT molecular complexity index is 1120. The highest BCUT2D eigenvalue weighted by atomic mass is 14.9. The van der Waals surface area contributed by atoms with Crippen LogP contribution >= 0.6 is 0 Å². The third-order valence-electron chi connectivity index (χ3n) is 4.64. The zero-order valence-corrected chi connectivity index (χ0v) is 15.2. The van der Waals surface area contributed by atoms with E-state index in [4.69, 9.17) is 11.4 Å². The number of fused-ring (bicyclic) bond motifs is 1. The van der Waals surface area contributed by atoms with Crippen molar-refractivity contribution < 1.29 is 0 Å². The Morgan fingerprint density at radius 3 is 2.33 bits per heavy atom. The number of hydrogen-bond donors (Lipinski definition) is 1. The average molecular weight is 348 g/mol. The van der Waals surface area contributed by atoms with Crippen molar-refractivity contribution in [1.82, 2.24) is 4.98 Å². The summed E-state index contributed by atoms with van der Waals surface area (Å²) in [5.74, 6) is 2.81. The van der Waals surface area contributed by atoms with Gasteiger partial charge in [0, 0.05) is 28.6 Å². The van der Waals surface area contributed by atoms with Crippen molar-refractivity contribution in [2.75, 3.05) is 5.32 Å². The van der Waals surface area contributed by atoms with E-state index in [9.17, 15) is 0 Å². The summed E-state index contributed by atoms with van der Waals surface area (Å²) in [4.78, 5) is 4.94. The van der Waals surface area contributed by atoms with Crippen molar-refractivity contribution in [3.8, 4) is 23.6 Å². The van der Waals surface area contributed by atoms with Crippen LogP contribution in [0.25, 0.3) is 22.2 Å². The number of hydrogen-bond acceptors (Lipinski definition) is 2. The van der Waals surface area contributed by atoms with Crippen LogP contribution in [0.5, 0.6) is 0 Å². The summed E-state index contributed by atoms with van der Waals surface area (Å²) in [6.45, 7) is 2.09. The van der Waals surface area contributed by atoms with Gasteiger partial charge in [-0.15, -0.1) is 12.3 Å². The van der Waals surface area contributed by atoms with Crippen LogP contribution in [0, 0.1) is 19.3 Å². The lowest BCUT2D eigenvalue weighted by Crippen LogP contribution is -2.02. The van der Waals surface area contributed by atoms with Gasteiger partial charge in [-0.2, -0.15) is 0 Å². The van der Waals surface area contributed by atoms with Crippen molar-refractivity contribution in [1.29, 1.82) is 0 Å². The molecule has 0 radical (unpaired) electrons. The van der Waals surface area contributed by atoms with Gasteiger partial charge in [-0.25, -0.2) is 4.98 Å². The predicted molar refractivity (Wildman–Crippen MR) is 114 cm³/mol. The number of rotatable bonds is 4. The Balaban J connectivity index is 1.97. The Hall–Kier alpha value is -3.57. The topological polar surface area (TPSA) is 24.9 Å². The molecule has 0 aliphatic rings. The van der Waals surface area contributed by atoms with Crippen molar-refractivity contribution in [2.45, 2.75) is 13.3 Å². The monoisotopic (exact) mass is 348 g/mol. The molecule has 0 fully saturated rings. The van der Waals surface area contributed by atoms with E-state index in [2.05, 4.69) is 60.6 Å². The van der Waals surface area contributed by atoms with Gasteiger partial charge >= 0.3 is 0 Å². The van der Waals surface area contributed by atoms with Crippen LogP contribution in [0.15, 0.2) is 78.9 Å². The van der Waals surface area contributed by atoms with E-state index in [-0.39, 0.29) is 0 Å². The average Bonchev–Trinajstić information content (AvgIpc) is 2.72. The molecule has 27 heavy (non-hydrogen) atoms. The lowest BCUT2D eigenvalue weighted by atomic mass is 9.98. The number of nitrogens with one attached hydrogen (secondary N) is 1. The predicted octanol–water partition coefficient (Wildman–Crippen LogP) is 6.13. The molecule has 2 heteroatoms. The van der Waals surface area contributed by atoms with Gasteiger partial charge < -0.3 is 5.32 Å². The minimum atomic E-state index is 0.510. The van der Waals surface area contributed by atoms with Gasteiger partial charge in [-0.3, -0.25) is 0 Å². The molecule has 0 unspecified atom stereocenters. The minimum Gasteiger partial charge on any atom is -0.355 e. The van der Waals surface area contributed by atoms with E-state index in [0.717, 1.165) is 39.1 Å².